The SMILES string of the molecule is C=C/C(=C\C=C(/C)C(C)(C)c1ccccc1)N(c1ccc(C(C)(C)c2ccccc2)cc1)c1c2ccccc2c(N(c2ccc(C(C)(C)c3ccccc3)cc2)c2ccc(C(C)(C)c3ccccc3)cc2)c2ccccc12. The lowest BCUT2D eigenvalue weighted by atomic mass is 9.78. The van der Waals surface area contributed by atoms with Crippen LogP contribution in [0.2, 0.25) is 0 Å². The van der Waals surface area contributed by atoms with E-state index in [1.54, 1.807) is 0 Å². The molecule has 0 saturated heterocycles. The zero-order chi connectivity index (χ0) is 54.0. The van der Waals surface area contributed by atoms with Gasteiger partial charge in [-0.3, -0.25) is 0 Å². The summed E-state index contributed by atoms with van der Waals surface area (Å²) < 4.78 is 0. The lowest BCUT2D eigenvalue weighted by molar-refractivity contribution is 0.623. The normalized spacial score (nSPS) is 12.7. The van der Waals surface area contributed by atoms with Crippen LogP contribution >= 0.6 is 0 Å². The molecule has 0 radical (unpaired) electrons. The van der Waals surface area contributed by atoms with Crippen molar-refractivity contribution >= 4 is 50.0 Å². The van der Waals surface area contributed by atoms with E-state index in [1.807, 2.05) is 6.08 Å². The Labute approximate surface area is 459 Å². The Kier molecular flexibility index (Phi) is 14.4. The van der Waals surface area contributed by atoms with E-state index in [1.165, 1.54) is 44.5 Å². The average molecular weight is 1000 g/mol. The van der Waals surface area contributed by atoms with Gasteiger partial charge < -0.3 is 9.80 Å². The van der Waals surface area contributed by atoms with Gasteiger partial charge in [-0.05, 0) is 94.4 Å². The zero-order valence-corrected chi connectivity index (χ0v) is 46.4. The third-order valence-corrected chi connectivity index (χ3v) is 16.8. The molecule has 0 spiro atoms. The van der Waals surface area contributed by atoms with Crippen molar-refractivity contribution in [2.24, 2.45) is 0 Å². The Balaban J connectivity index is 1.20. The van der Waals surface area contributed by atoms with Crippen molar-refractivity contribution in [1.82, 2.24) is 0 Å². The highest BCUT2D eigenvalue weighted by atomic mass is 15.2. The van der Waals surface area contributed by atoms with Gasteiger partial charge >= 0.3 is 0 Å². The van der Waals surface area contributed by atoms with E-state index >= 15 is 0 Å². The molecule has 0 aliphatic heterocycles. The van der Waals surface area contributed by atoms with Crippen molar-refractivity contribution < 1.29 is 0 Å². The first kappa shape index (κ1) is 52.0. The van der Waals surface area contributed by atoms with Crippen LogP contribution in [-0.4, -0.2) is 0 Å². The molecule has 0 atom stereocenters. The van der Waals surface area contributed by atoms with Crippen LogP contribution in [0.5, 0.6) is 0 Å². The van der Waals surface area contributed by atoms with Crippen LogP contribution in [0.1, 0.15) is 101 Å². The molecule has 0 amide bonds. The summed E-state index contributed by atoms with van der Waals surface area (Å²) in [6.07, 6.45) is 6.56. The maximum absolute atomic E-state index is 4.55. The second kappa shape index (κ2) is 21.3. The second-order valence-electron chi connectivity index (χ2n) is 22.7. The predicted molar refractivity (Wildman–Crippen MR) is 332 cm³/mol. The summed E-state index contributed by atoms with van der Waals surface area (Å²) in [5, 5.41) is 4.52. The molecule has 0 bridgehead atoms. The number of fused-ring (bicyclic) bond motifs is 2. The van der Waals surface area contributed by atoms with Crippen LogP contribution in [0.4, 0.5) is 28.4 Å². The molecule has 0 aliphatic carbocycles. The molecule has 10 aromatic rings. The standard InChI is InChI=1S/C75H72N2/c1-11-62(47-40-54(2)72(3,4)55-28-16-12-17-29-55)76(63-48-41-59(42-49-63)73(5,6)56-30-18-13-19-31-56)70-66-36-24-26-38-68(66)71(69-39-27-25-37-67(69)70)77(64-50-43-60(44-51-64)74(7,8)57-32-20-14-21-33-57)65-52-45-61(46-53-65)75(9,10)58-34-22-15-23-35-58/h11-53H,1H2,2-10H3/b54-40+,62-47+. The third kappa shape index (κ3) is 9.98. The van der Waals surface area contributed by atoms with Crippen LogP contribution < -0.4 is 9.80 Å². The minimum Gasteiger partial charge on any atom is -0.309 e. The number of hydrogen-bond donors (Lipinski definition) is 0. The molecule has 0 saturated carbocycles. The van der Waals surface area contributed by atoms with Gasteiger partial charge in [0.15, 0.2) is 0 Å². The lowest BCUT2D eigenvalue weighted by Crippen LogP contribution is -2.21. The van der Waals surface area contributed by atoms with Gasteiger partial charge in [0.1, 0.15) is 0 Å². The van der Waals surface area contributed by atoms with Gasteiger partial charge in [-0.2, -0.15) is 0 Å². The van der Waals surface area contributed by atoms with E-state index in [0.29, 0.717) is 0 Å². The van der Waals surface area contributed by atoms with E-state index in [-0.39, 0.29) is 21.7 Å². The predicted octanol–water partition coefficient (Wildman–Crippen LogP) is 20.6. The molecule has 2 nitrogen and oxygen atoms in total. The van der Waals surface area contributed by atoms with Crippen molar-refractivity contribution in [2.75, 3.05) is 9.80 Å². The Morgan fingerprint density at radius 2 is 0.610 bits per heavy atom. The van der Waals surface area contributed by atoms with Gasteiger partial charge in [0.2, 0.25) is 0 Å². The molecule has 0 fully saturated rings. The quantitative estimate of drug-likeness (QED) is 0.0541. The topological polar surface area (TPSA) is 6.48 Å². The molecule has 10 aromatic carbocycles. The molecule has 10 rings (SSSR count). The largest absolute Gasteiger partial charge is 0.309 e. The van der Waals surface area contributed by atoms with Gasteiger partial charge in [0.05, 0.1) is 11.4 Å². The molecule has 0 N–H and O–H groups in total. The van der Waals surface area contributed by atoms with Crippen LogP contribution in [0, 0.1) is 0 Å². The minimum atomic E-state index is -0.208. The number of nitrogens with zero attached hydrogens (tertiary/aromatic N) is 2. The smallest absolute Gasteiger partial charge is 0.0619 e. The molecule has 0 heterocycles. The average Bonchev–Trinajstić information content (AvgIpc) is 3.50. The van der Waals surface area contributed by atoms with E-state index < -0.39 is 0 Å². The van der Waals surface area contributed by atoms with Gasteiger partial charge in [-0.1, -0.05) is 280 Å². The highest BCUT2D eigenvalue weighted by molar-refractivity contribution is 6.23. The summed E-state index contributed by atoms with van der Waals surface area (Å²) in [5.41, 5.74) is 15.7. The first-order chi connectivity index (χ1) is 37.1. The molecule has 2 heteroatoms. The maximum atomic E-state index is 4.55. The summed E-state index contributed by atoms with van der Waals surface area (Å²) in [6, 6.07) is 89.0. The summed E-state index contributed by atoms with van der Waals surface area (Å²) >= 11 is 0. The Morgan fingerprint density at radius 3 is 0.948 bits per heavy atom. The van der Waals surface area contributed by atoms with E-state index in [0.717, 1.165) is 55.7 Å². The van der Waals surface area contributed by atoms with E-state index in [4.69, 9.17) is 0 Å². The van der Waals surface area contributed by atoms with Crippen molar-refractivity contribution in [1.29, 1.82) is 0 Å². The zero-order valence-electron chi connectivity index (χ0n) is 46.4. The highest BCUT2D eigenvalue weighted by Crippen LogP contribution is 2.51. The fourth-order valence-corrected chi connectivity index (χ4v) is 11.3. The first-order valence-corrected chi connectivity index (χ1v) is 27.2. The molecular weight excluding hydrogens is 929 g/mol. The molecule has 77 heavy (non-hydrogen) atoms. The van der Waals surface area contributed by atoms with Crippen molar-refractivity contribution in [3.63, 3.8) is 0 Å². The summed E-state index contributed by atoms with van der Waals surface area (Å²) in [6.45, 7) is 25.3. The number of allylic oxidation sites excluding steroid dienone is 4. The Bertz CT molecular complexity index is 3560. The summed E-state index contributed by atoms with van der Waals surface area (Å²) in [7, 11) is 0. The van der Waals surface area contributed by atoms with E-state index in [9.17, 15) is 0 Å². The van der Waals surface area contributed by atoms with Crippen LogP contribution in [0.25, 0.3) is 21.5 Å². The number of anilines is 5. The molecular formula is C75H72N2. The fraction of sp³-hybridized carbons (Fsp3) is 0.173. The first-order valence-electron chi connectivity index (χ1n) is 27.2. The Hall–Kier alpha value is -8.46. The van der Waals surface area contributed by atoms with Gasteiger partial charge in [0.25, 0.3) is 0 Å². The number of benzene rings is 10. The maximum Gasteiger partial charge on any atom is 0.0619 e. The molecule has 0 unspecified atom stereocenters. The lowest BCUT2D eigenvalue weighted by Gasteiger charge is -2.34. The summed E-state index contributed by atoms with van der Waals surface area (Å²) in [5.74, 6) is 0. The number of hydrogen-bond acceptors (Lipinski definition) is 2. The van der Waals surface area contributed by atoms with Crippen molar-refractivity contribution in [3.8, 4) is 0 Å². The van der Waals surface area contributed by atoms with Crippen LogP contribution in [-0.2, 0) is 21.7 Å². The van der Waals surface area contributed by atoms with E-state index in [2.05, 4.69) is 333 Å². The van der Waals surface area contributed by atoms with Crippen LogP contribution in [0.3, 0.4) is 0 Å². The third-order valence-electron chi connectivity index (χ3n) is 16.8. The summed E-state index contributed by atoms with van der Waals surface area (Å²) in [4.78, 5) is 4.92. The molecule has 0 aliphatic rings. The molecule has 382 valence electrons. The van der Waals surface area contributed by atoms with Crippen LogP contribution in [0.15, 0.2) is 279 Å². The highest BCUT2D eigenvalue weighted by Gasteiger charge is 2.30. The number of rotatable bonds is 16. The van der Waals surface area contributed by atoms with Crippen molar-refractivity contribution in [3.05, 3.63) is 318 Å². The van der Waals surface area contributed by atoms with Gasteiger partial charge in [0, 0.05) is 66.0 Å². The second-order valence-corrected chi connectivity index (χ2v) is 22.7. The van der Waals surface area contributed by atoms with Gasteiger partial charge in [-0.15, -0.1) is 0 Å². The van der Waals surface area contributed by atoms with Crippen molar-refractivity contribution in [2.45, 2.75) is 84.0 Å². The van der Waals surface area contributed by atoms with Gasteiger partial charge in [-0.25, -0.2) is 0 Å². The Morgan fingerprint density at radius 1 is 0.325 bits per heavy atom. The molecule has 0 aromatic heterocycles. The minimum absolute atomic E-state index is 0.198. The monoisotopic (exact) mass is 1000 g/mol. The fourth-order valence-electron chi connectivity index (χ4n) is 11.3.